The first-order valence-electron chi connectivity index (χ1n) is 7.03. The molecule has 2 N–H and O–H groups in total. The lowest BCUT2D eigenvalue weighted by atomic mass is 10.2. The number of halogens is 1. The second-order valence-corrected chi connectivity index (χ2v) is 5.00. The van der Waals surface area contributed by atoms with Crippen LogP contribution in [-0.4, -0.2) is 50.1 Å². The van der Waals surface area contributed by atoms with Gasteiger partial charge in [0.1, 0.15) is 5.58 Å². The van der Waals surface area contributed by atoms with Crippen LogP contribution in [0.3, 0.4) is 0 Å². The molecule has 1 fully saturated rings. The van der Waals surface area contributed by atoms with Gasteiger partial charge in [-0.1, -0.05) is 18.2 Å². The molecule has 0 bridgehead atoms. The minimum Gasteiger partial charge on any atom is -0.451 e. The van der Waals surface area contributed by atoms with E-state index in [0.29, 0.717) is 12.3 Å². The maximum Gasteiger partial charge on any atom is 0.287 e. The summed E-state index contributed by atoms with van der Waals surface area (Å²) in [5.41, 5.74) is 0.750. The highest BCUT2D eigenvalue weighted by molar-refractivity contribution is 5.96. The van der Waals surface area contributed by atoms with Gasteiger partial charge in [0.2, 0.25) is 0 Å². The molecule has 1 aliphatic heterocycles. The van der Waals surface area contributed by atoms with E-state index in [1.807, 2.05) is 24.3 Å². The Bertz CT molecular complexity index is 560. The van der Waals surface area contributed by atoms with Crippen LogP contribution in [0.5, 0.6) is 0 Å². The molecule has 6 heteroatoms. The molecule has 5 nitrogen and oxygen atoms in total. The molecule has 1 aromatic heterocycles. The average molecular weight is 310 g/mol. The molecule has 1 aliphatic rings. The molecule has 0 atom stereocenters. The third kappa shape index (κ3) is 3.97. The SMILES string of the molecule is Cl.O=C(NCCN1CCNCC1)c1cc2ccccc2o1. The highest BCUT2D eigenvalue weighted by Gasteiger charge is 2.13. The number of piperazine rings is 1. The molecule has 21 heavy (non-hydrogen) atoms. The molecular formula is C15H20ClN3O2. The maximum atomic E-state index is 12.0. The van der Waals surface area contributed by atoms with Crippen molar-refractivity contribution in [3.8, 4) is 0 Å². The van der Waals surface area contributed by atoms with Gasteiger partial charge >= 0.3 is 0 Å². The number of nitrogens with one attached hydrogen (secondary N) is 2. The van der Waals surface area contributed by atoms with Crippen LogP contribution in [0.25, 0.3) is 11.0 Å². The lowest BCUT2D eigenvalue weighted by molar-refractivity contribution is 0.0922. The number of carbonyl (C=O) groups excluding carboxylic acids is 1. The van der Waals surface area contributed by atoms with E-state index >= 15 is 0 Å². The zero-order chi connectivity index (χ0) is 13.8. The Kier molecular flexibility index (Phi) is 5.61. The van der Waals surface area contributed by atoms with Crippen LogP contribution in [0.2, 0.25) is 0 Å². The molecule has 0 saturated carbocycles. The predicted molar refractivity (Wildman–Crippen MR) is 85.1 cm³/mol. The predicted octanol–water partition coefficient (Wildman–Crippen LogP) is 1.49. The Morgan fingerprint density at radius 3 is 2.81 bits per heavy atom. The quantitative estimate of drug-likeness (QED) is 0.898. The maximum absolute atomic E-state index is 12.0. The first-order valence-corrected chi connectivity index (χ1v) is 7.03. The van der Waals surface area contributed by atoms with Gasteiger partial charge in [0.05, 0.1) is 0 Å². The second kappa shape index (κ2) is 7.45. The molecule has 1 amide bonds. The molecule has 0 aliphatic carbocycles. The van der Waals surface area contributed by atoms with Crippen LogP contribution >= 0.6 is 12.4 Å². The molecule has 0 radical (unpaired) electrons. The second-order valence-electron chi connectivity index (χ2n) is 5.00. The Morgan fingerprint density at radius 1 is 1.29 bits per heavy atom. The molecule has 3 rings (SSSR count). The van der Waals surface area contributed by atoms with E-state index in [0.717, 1.165) is 43.7 Å². The first kappa shape index (κ1) is 15.8. The Morgan fingerprint density at radius 2 is 2.05 bits per heavy atom. The van der Waals surface area contributed by atoms with Crippen molar-refractivity contribution in [3.63, 3.8) is 0 Å². The summed E-state index contributed by atoms with van der Waals surface area (Å²) in [7, 11) is 0. The van der Waals surface area contributed by atoms with Gasteiger partial charge < -0.3 is 15.1 Å². The topological polar surface area (TPSA) is 57.5 Å². The normalized spacial score (nSPS) is 15.6. The van der Waals surface area contributed by atoms with Crippen LogP contribution in [0.1, 0.15) is 10.6 Å². The van der Waals surface area contributed by atoms with E-state index in [1.165, 1.54) is 0 Å². The summed E-state index contributed by atoms with van der Waals surface area (Å²) in [5, 5.41) is 7.18. The van der Waals surface area contributed by atoms with E-state index < -0.39 is 0 Å². The van der Waals surface area contributed by atoms with Gasteiger partial charge in [0.15, 0.2) is 5.76 Å². The molecule has 114 valence electrons. The summed E-state index contributed by atoms with van der Waals surface area (Å²) in [5.74, 6) is 0.239. The van der Waals surface area contributed by atoms with Crippen LogP contribution in [0, 0.1) is 0 Å². The lowest BCUT2D eigenvalue weighted by Gasteiger charge is -2.26. The third-order valence-corrected chi connectivity index (χ3v) is 3.57. The molecule has 0 unspecified atom stereocenters. The summed E-state index contributed by atoms with van der Waals surface area (Å²) in [6.45, 7) is 5.67. The van der Waals surface area contributed by atoms with Crippen molar-refractivity contribution < 1.29 is 9.21 Å². The molecule has 1 aromatic carbocycles. The number of amides is 1. The van der Waals surface area contributed by atoms with Gasteiger partial charge in [-0.15, -0.1) is 12.4 Å². The van der Waals surface area contributed by atoms with E-state index in [9.17, 15) is 4.79 Å². The number of hydrogen-bond acceptors (Lipinski definition) is 4. The summed E-state index contributed by atoms with van der Waals surface area (Å²) < 4.78 is 5.54. The van der Waals surface area contributed by atoms with Crippen molar-refractivity contribution in [2.24, 2.45) is 0 Å². The lowest BCUT2D eigenvalue weighted by Crippen LogP contribution is -2.46. The monoisotopic (exact) mass is 309 g/mol. The van der Waals surface area contributed by atoms with Gasteiger partial charge in [-0.2, -0.15) is 0 Å². The van der Waals surface area contributed by atoms with Gasteiger partial charge in [0, 0.05) is 44.7 Å². The molecule has 1 saturated heterocycles. The van der Waals surface area contributed by atoms with Crippen molar-refractivity contribution in [1.82, 2.24) is 15.5 Å². The smallest absolute Gasteiger partial charge is 0.287 e. The fourth-order valence-electron chi connectivity index (χ4n) is 2.44. The number of benzene rings is 1. The van der Waals surface area contributed by atoms with E-state index in [-0.39, 0.29) is 18.3 Å². The number of furan rings is 1. The number of nitrogens with zero attached hydrogens (tertiary/aromatic N) is 1. The van der Waals surface area contributed by atoms with Crippen molar-refractivity contribution in [3.05, 3.63) is 36.1 Å². The molecule has 0 spiro atoms. The van der Waals surface area contributed by atoms with Crippen molar-refractivity contribution >= 4 is 29.3 Å². The summed E-state index contributed by atoms with van der Waals surface area (Å²) >= 11 is 0. The fraction of sp³-hybridized carbons (Fsp3) is 0.400. The van der Waals surface area contributed by atoms with E-state index in [4.69, 9.17) is 4.42 Å². The van der Waals surface area contributed by atoms with Crippen molar-refractivity contribution in [1.29, 1.82) is 0 Å². The van der Waals surface area contributed by atoms with Gasteiger partial charge in [-0.05, 0) is 12.1 Å². The van der Waals surface area contributed by atoms with Gasteiger partial charge in [-0.25, -0.2) is 0 Å². The van der Waals surface area contributed by atoms with Gasteiger partial charge in [-0.3, -0.25) is 9.69 Å². The van der Waals surface area contributed by atoms with Crippen molar-refractivity contribution in [2.75, 3.05) is 39.3 Å². The Labute approximate surface area is 130 Å². The molecule has 2 heterocycles. The number of para-hydroxylation sites is 1. The minimum atomic E-state index is -0.142. The van der Waals surface area contributed by atoms with Crippen LogP contribution in [0.15, 0.2) is 34.7 Å². The van der Waals surface area contributed by atoms with Gasteiger partial charge in [0.25, 0.3) is 5.91 Å². The number of fused-ring (bicyclic) bond motifs is 1. The van der Waals surface area contributed by atoms with Crippen molar-refractivity contribution in [2.45, 2.75) is 0 Å². The standard InChI is InChI=1S/C15H19N3O2.ClH/c19-15(17-7-10-18-8-5-16-6-9-18)14-11-12-3-1-2-4-13(12)20-14;/h1-4,11,16H,5-10H2,(H,17,19);1H. The fourth-order valence-corrected chi connectivity index (χ4v) is 2.44. The number of rotatable bonds is 4. The van der Waals surface area contributed by atoms with Crippen LogP contribution in [0.4, 0.5) is 0 Å². The van der Waals surface area contributed by atoms with E-state index in [2.05, 4.69) is 15.5 Å². The zero-order valence-electron chi connectivity index (χ0n) is 11.8. The van der Waals surface area contributed by atoms with Crippen LogP contribution in [-0.2, 0) is 0 Å². The molecular weight excluding hydrogens is 290 g/mol. The number of hydrogen-bond donors (Lipinski definition) is 2. The summed E-state index contributed by atoms with van der Waals surface area (Å²) in [6.07, 6.45) is 0. The summed E-state index contributed by atoms with van der Waals surface area (Å²) in [6, 6.07) is 9.43. The zero-order valence-corrected chi connectivity index (χ0v) is 12.6. The highest BCUT2D eigenvalue weighted by atomic mass is 35.5. The van der Waals surface area contributed by atoms with Crippen LogP contribution < -0.4 is 10.6 Å². The third-order valence-electron chi connectivity index (χ3n) is 3.57. The largest absolute Gasteiger partial charge is 0.451 e. The molecule has 2 aromatic rings. The summed E-state index contributed by atoms with van der Waals surface area (Å²) in [4.78, 5) is 14.4. The van der Waals surface area contributed by atoms with E-state index in [1.54, 1.807) is 6.07 Å². The average Bonchev–Trinajstić information content (AvgIpc) is 2.92. The minimum absolute atomic E-state index is 0. The highest BCUT2D eigenvalue weighted by Crippen LogP contribution is 2.18. The Balaban J connectivity index is 0.00000161. The number of carbonyl (C=O) groups is 1. The Hall–Kier alpha value is -1.56. The first-order chi connectivity index (χ1) is 9.83.